The monoisotopic (exact) mass is 1250 g/mol. The maximum absolute atomic E-state index is 12.5. The van der Waals surface area contributed by atoms with Gasteiger partial charge in [0.05, 0.1) is 26.0 Å². The number of phosphoric ester groups is 3. The maximum atomic E-state index is 12.5. The minimum Gasteiger partial charge on any atom is -0.756 e. The fraction of sp³-hybridized carbons (Fsp3) is 0.500. The SMILES string of the molecule is CC(=O)Oc1ccc2c3c1O[C@H]1[C@@H](OC(C)=O)C=C[C@H]4[C@@H](C2)N(C)CC[C@@]341.NC(=O)c1ccc[n+]([C@@H]2O[C@H](COP(=O)([O-])OP(=O)(O)OC[C@H]3O[C@@H](n4cnc5c(N)ncnc54)[C@H](OP(=O)(O)O)[C@@H]3O)[C@@H](O)[C@H]2O)c1.O=C(O)CC(O)C(=O)O. The number of aliphatic carboxylic acids is 2. The predicted octanol–water partition coefficient (Wildman–Crippen LogP) is -2.64. The quantitative estimate of drug-likeness (QED) is 0.0160. The number of pyridine rings is 1. The highest BCUT2D eigenvalue weighted by Crippen LogP contribution is 2.63. The lowest BCUT2D eigenvalue weighted by Gasteiger charge is -2.56. The molecule has 0 saturated carbocycles. The van der Waals surface area contributed by atoms with Crippen molar-refractivity contribution in [3.63, 3.8) is 0 Å². The van der Waals surface area contributed by atoms with Crippen LogP contribution >= 0.6 is 23.5 Å². The molecule has 3 fully saturated rings. The number of hydrogen-bond donors (Lipinski definition) is 11. The number of esters is 2. The number of likely N-dealkylation sites (N-methyl/N-ethyl adjacent to an activating group) is 1. The minimum atomic E-state index is -5.72. The summed E-state index contributed by atoms with van der Waals surface area (Å²) in [7, 11) is -14.4. The van der Waals surface area contributed by atoms with Gasteiger partial charge in [-0.15, -0.1) is 0 Å². The second-order valence-electron chi connectivity index (χ2n) is 19.8. The van der Waals surface area contributed by atoms with E-state index in [9.17, 15) is 72.6 Å². The third-order valence-corrected chi connectivity index (χ3v) is 17.4. The lowest BCUT2D eigenvalue weighted by molar-refractivity contribution is -0.765. The second kappa shape index (κ2) is 25.0. The Bertz CT molecular complexity index is 3370. The third-order valence-electron chi connectivity index (χ3n) is 14.3. The van der Waals surface area contributed by atoms with Gasteiger partial charge in [-0.2, -0.15) is 4.57 Å². The number of carboxylic acid groups (broad SMARTS) is 2. The highest BCUT2D eigenvalue weighted by molar-refractivity contribution is 7.60. The van der Waals surface area contributed by atoms with Crippen LogP contribution in [-0.4, -0.2) is 187 Å². The molecule has 1 spiro atoms. The standard InChI is InChI=1S/C21H28N7O17P3.C21H23NO5.C4H6O5/c22-17-12-19(25-7-24-17)28(8-26-12)21-16(44-46(33,34)35)14(30)11(43-21)6-41-48(38,39)45-47(36,37)40-5-10-13(29)15(31)20(42-10)27-3-1-2-9(4-27)18(23)32;1-11(23)25-16-6-4-13-10-15-14-5-7-17(26-12(2)24)20-21(14,8-9-22(15)3)18(13)19(16)27-20;5-2(4(8)9)1-3(6)7/h1-4,7-8,10-11,13-16,20-21,29-31H,5-6H2,(H7-,22,23,24,25,32,33,34,35,36,37,38,39);4-7,14-15,17,20H,8-10H2,1-3H3;2,5H,1H2,(H,6,7)(H,8,9)/t10-,11-,13-,14-,15-,16-,20-,21-;14-,15+,17-,20-,21-;/m10./s1. The Morgan fingerprint density at radius 2 is 1.64 bits per heavy atom. The average molecular weight is 1250 g/mol. The lowest BCUT2D eigenvalue weighted by atomic mass is 9.53. The molecule has 458 valence electrons. The number of benzene rings is 1. The molecule has 2 aliphatic carbocycles. The van der Waals surface area contributed by atoms with Crippen LogP contribution in [0.15, 0.2) is 61.5 Å². The van der Waals surface area contributed by atoms with Crippen LogP contribution in [0.25, 0.3) is 11.2 Å². The molecule has 3 unspecified atom stereocenters. The predicted molar refractivity (Wildman–Crippen MR) is 271 cm³/mol. The summed E-state index contributed by atoms with van der Waals surface area (Å²) >= 11 is 0. The molecule has 4 aromatic rings. The van der Waals surface area contributed by atoms with Gasteiger partial charge in [-0.3, -0.25) is 37.4 Å². The molecule has 7 heterocycles. The summed E-state index contributed by atoms with van der Waals surface area (Å²) in [6.07, 6.45) is -5.83. The van der Waals surface area contributed by atoms with Gasteiger partial charge in [-0.1, -0.05) is 12.1 Å². The number of anilines is 1. The first-order valence-corrected chi connectivity index (χ1v) is 29.5. The van der Waals surface area contributed by atoms with E-state index in [4.69, 9.17) is 50.5 Å². The number of hydrogen-bond acceptors (Lipinski definition) is 27. The molecule has 2 bridgehead atoms. The number of imidazole rings is 1. The number of piperidine rings is 1. The number of rotatable bonds is 18. The second-order valence-corrected chi connectivity index (χ2v) is 24.0. The minimum absolute atomic E-state index is 0.00541. The van der Waals surface area contributed by atoms with Crippen molar-refractivity contribution < 1.29 is 134 Å². The number of aliphatic hydroxyl groups excluding tert-OH is 4. The van der Waals surface area contributed by atoms with Crippen molar-refractivity contribution >= 4 is 70.2 Å². The van der Waals surface area contributed by atoms with Crippen LogP contribution in [-0.2, 0) is 76.8 Å². The zero-order valence-electron chi connectivity index (χ0n) is 44.1. The normalized spacial score (nSPS) is 30.0. The maximum Gasteiger partial charge on any atom is 0.478 e. The van der Waals surface area contributed by atoms with Crippen LogP contribution in [0.3, 0.4) is 0 Å². The summed E-state index contributed by atoms with van der Waals surface area (Å²) in [5.74, 6) is -3.00. The molecule has 1 amide bonds. The molecule has 38 heteroatoms. The smallest absolute Gasteiger partial charge is 0.478 e. The Kier molecular flexibility index (Phi) is 18.9. The highest BCUT2D eigenvalue weighted by atomic mass is 31.3. The number of ether oxygens (including phenoxy) is 5. The summed E-state index contributed by atoms with van der Waals surface area (Å²) in [4.78, 5) is 110. The lowest BCUT2D eigenvalue weighted by Crippen LogP contribution is -2.65. The molecular weight excluding hydrogens is 1190 g/mol. The highest BCUT2D eigenvalue weighted by Gasteiger charge is 2.65. The van der Waals surface area contributed by atoms with E-state index in [-0.39, 0.29) is 51.9 Å². The van der Waals surface area contributed by atoms with Crippen molar-refractivity contribution in [2.75, 3.05) is 32.5 Å². The number of nitrogens with zero attached hydrogens (tertiary/aromatic N) is 6. The zero-order valence-corrected chi connectivity index (χ0v) is 46.8. The number of carbonyl (C=O) groups is 5. The Morgan fingerprint density at radius 1 is 0.940 bits per heavy atom. The van der Waals surface area contributed by atoms with Gasteiger partial charge < -0.3 is 94.8 Å². The van der Waals surface area contributed by atoms with Gasteiger partial charge in [0, 0.05) is 42.9 Å². The molecule has 35 nitrogen and oxygen atoms in total. The first kappa shape index (κ1) is 63.7. The number of primary amides is 1. The molecule has 13 N–H and O–H groups in total. The Morgan fingerprint density at radius 3 is 2.29 bits per heavy atom. The van der Waals surface area contributed by atoms with E-state index >= 15 is 0 Å². The number of fused-ring (bicyclic) bond motifs is 1. The number of aliphatic hydroxyl groups is 4. The first-order chi connectivity index (χ1) is 39.3. The summed E-state index contributed by atoms with van der Waals surface area (Å²) < 4.78 is 85.4. The van der Waals surface area contributed by atoms with Crippen LogP contribution in [0.1, 0.15) is 60.6 Å². The molecule has 3 saturated heterocycles. The summed E-state index contributed by atoms with van der Waals surface area (Å²) in [6.45, 7) is 1.65. The van der Waals surface area contributed by atoms with Crippen LogP contribution in [0, 0.1) is 5.92 Å². The summed E-state index contributed by atoms with van der Waals surface area (Å²) in [5.41, 5.74) is 13.2. The topological polar surface area (TPSA) is 528 Å². The molecule has 10 rings (SSSR count). The Balaban J connectivity index is 0.000000212. The number of aromatic nitrogens is 5. The van der Waals surface area contributed by atoms with Crippen molar-refractivity contribution in [2.45, 2.75) is 112 Å². The molecule has 4 aliphatic heterocycles. The number of phosphoric acid groups is 3. The van der Waals surface area contributed by atoms with Crippen LogP contribution < -0.4 is 30.4 Å². The van der Waals surface area contributed by atoms with Gasteiger partial charge in [0.1, 0.15) is 54.0 Å². The largest absolute Gasteiger partial charge is 0.756 e. The number of carboxylic acids is 2. The van der Waals surface area contributed by atoms with Crippen LogP contribution in [0.5, 0.6) is 11.5 Å². The number of likely N-dealkylation sites (tertiary alicyclic amines) is 1. The van der Waals surface area contributed by atoms with Crippen molar-refractivity contribution in [3.05, 3.63) is 78.2 Å². The third kappa shape index (κ3) is 13.7. The molecule has 3 aromatic heterocycles. The van der Waals surface area contributed by atoms with Crippen molar-refractivity contribution in [2.24, 2.45) is 11.7 Å². The van der Waals surface area contributed by atoms with Gasteiger partial charge in [0.2, 0.25) is 0 Å². The fourth-order valence-corrected chi connectivity index (χ4v) is 13.4. The van der Waals surface area contributed by atoms with E-state index in [0.717, 1.165) is 42.2 Å². The Labute approximate surface area is 473 Å². The fourth-order valence-electron chi connectivity index (χ4n) is 10.8. The van der Waals surface area contributed by atoms with Gasteiger partial charge in [-0.05, 0) is 50.2 Å². The van der Waals surface area contributed by atoms with E-state index in [1.807, 2.05) is 12.1 Å². The number of nitrogens with two attached hydrogens (primary N) is 2. The first-order valence-electron chi connectivity index (χ1n) is 25.0. The van der Waals surface area contributed by atoms with Gasteiger partial charge in [0.25, 0.3) is 20.0 Å². The van der Waals surface area contributed by atoms with E-state index in [1.165, 1.54) is 48.5 Å². The van der Waals surface area contributed by atoms with Crippen molar-refractivity contribution in [1.29, 1.82) is 0 Å². The molecule has 1 aromatic carbocycles. The molecule has 6 aliphatic rings. The summed E-state index contributed by atoms with van der Waals surface area (Å²) in [5, 5.41) is 55.6. The van der Waals surface area contributed by atoms with Crippen LogP contribution in [0.4, 0.5) is 5.82 Å². The van der Waals surface area contributed by atoms with E-state index in [0.29, 0.717) is 17.5 Å². The zero-order chi connectivity index (χ0) is 61.5. The van der Waals surface area contributed by atoms with Crippen LogP contribution in [0.2, 0.25) is 0 Å². The van der Waals surface area contributed by atoms with Crippen molar-refractivity contribution in [3.8, 4) is 11.5 Å². The summed E-state index contributed by atoms with van der Waals surface area (Å²) in [6, 6.07) is 7.05. The van der Waals surface area contributed by atoms with Gasteiger partial charge in [-0.25, -0.2) is 33.2 Å². The molecule has 16 atom stereocenters. The number of amides is 1. The number of nitrogen functional groups attached to an aromatic ring is 1. The number of carbonyl (C=O) groups excluding carboxylic acids is 3. The van der Waals surface area contributed by atoms with Gasteiger partial charge >= 0.3 is 39.5 Å². The molecule has 0 radical (unpaired) electrons. The van der Waals surface area contributed by atoms with E-state index in [2.05, 4.69) is 56.9 Å². The van der Waals surface area contributed by atoms with Crippen molar-refractivity contribution in [1.82, 2.24) is 24.4 Å². The Hall–Kier alpha value is -6.30. The molecular formula is C46H57N8O27P3. The van der Waals surface area contributed by atoms with Gasteiger partial charge in [0.15, 0.2) is 59.9 Å². The van der Waals surface area contributed by atoms with E-state index < -0.39 is 122 Å². The molecule has 84 heavy (non-hydrogen) atoms. The average Bonchev–Trinajstić information content (AvgIpc) is 1.45. The van der Waals surface area contributed by atoms with E-state index in [1.54, 1.807) is 0 Å².